The van der Waals surface area contributed by atoms with Gasteiger partial charge in [-0.2, -0.15) is 4.37 Å². The lowest BCUT2D eigenvalue weighted by atomic mass is 10.4. The Morgan fingerprint density at radius 1 is 1.24 bits per heavy atom. The van der Waals surface area contributed by atoms with Crippen LogP contribution in [-0.4, -0.2) is 29.6 Å². The second-order valence-corrected chi connectivity index (χ2v) is 6.40. The first-order valence-corrected chi connectivity index (χ1v) is 7.28. The molecule has 0 atom stereocenters. The molecule has 2 aliphatic rings. The van der Waals surface area contributed by atoms with Gasteiger partial charge in [-0.25, -0.2) is 9.67 Å². The maximum atomic E-state index is 4.53. The van der Waals surface area contributed by atoms with Crippen LogP contribution in [-0.2, 0) is 0 Å². The molecule has 0 amide bonds. The molecule has 0 radical (unpaired) electrons. The minimum absolute atomic E-state index is 0.503. The molecule has 2 aliphatic carbocycles. The number of nitrogens with zero attached hydrogens (tertiary/aromatic N) is 6. The quantitative estimate of drug-likeness (QED) is 0.841. The lowest BCUT2D eigenvalue weighted by Gasteiger charge is -1.97. The molecule has 0 unspecified atom stereocenters. The Balaban J connectivity index is 1.56. The molecule has 8 heteroatoms. The summed E-state index contributed by atoms with van der Waals surface area (Å²) in [6.45, 7) is 0. The average Bonchev–Trinajstić information content (AvgIpc) is 3.27. The van der Waals surface area contributed by atoms with Crippen LogP contribution in [0, 0.1) is 0 Å². The van der Waals surface area contributed by atoms with E-state index in [2.05, 4.69) is 24.9 Å². The first-order valence-electron chi connectivity index (χ1n) is 5.69. The highest BCUT2D eigenvalue weighted by molar-refractivity contribution is 8.00. The highest BCUT2D eigenvalue weighted by atomic mass is 32.2. The van der Waals surface area contributed by atoms with Crippen molar-refractivity contribution in [2.45, 2.75) is 47.1 Å². The second-order valence-electron chi connectivity index (χ2n) is 4.43. The van der Waals surface area contributed by atoms with Gasteiger partial charge >= 0.3 is 0 Å². The summed E-state index contributed by atoms with van der Waals surface area (Å²) in [6, 6.07) is 0.503. The standard InChI is InChI=1S/C9H10N6S2/c1-2-5(1)7-10-9(17-12-7)16-8-11-13-14-15(8)6-3-4-6/h5-6H,1-4H2. The van der Waals surface area contributed by atoms with Crippen LogP contribution >= 0.6 is 23.3 Å². The highest BCUT2D eigenvalue weighted by Gasteiger charge is 2.30. The maximum absolute atomic E-state index is 4.53. The van der Waals surface area contributed by atoms with Crippen molar-refractivity contribution in [1.29, 1.82) is 0 Å². The van der Waals surface area contributed by atoms with Crippen molar-refractivity contribution in [3.05, 3.63) is 5.82 Å². The molecular weight excluding hydrogens is 256 g/mol. The van der Waals surface area contributed by atoms with E-state index in [1.165, 1.54) is 49.0 Å². The first-order chi connectivity index (χ1) is 8.40. The van der Waals surface area contributed by atoms with Gasteiger partial charge in [-0.3, -0.25) is 0 Å². The largest absolute Gasteiger partial charge is 0.217 e. The van der Waals surface area contributed by atoms with Gasteiger partial charge in [0.1, 0.15) is 5.82 Å². The molecule has 88 valence electrons. The summed E-state index contributed by atoms with van der Waals surface area (Å²) in [6.07, 6.45) is 4.84. The molecule has 0 spiro atoms. The third-order valence-electron chi connectivity index (χ3n) is 2.90. The molecule has 4 rings (SSSR count). The third-order valence-corrected chi connectivity index (χ3v) is 4.62. The summed E-state index contributed by atoms with van der Waals surface area (Å²) < 4.78 is 7.23. The Labute approximate surface area is 106 Å². The van der Waals surface area contributed by atoms with Gasteiger partial charge in [-0.05, 0) is 59.4 Å². The molecule has 0 bridgehead atoms. The number of hydrogen-bond donors (Lipinski definition) is 0. The normalized spacial score (nSPS) is 19.8. The zero-order valence-corrected chi connectivity index (χ0v) is 10.6. The molecule has 2 saturated carbocycles. The first kappa shape index (κ1) is 9.95. The predicted molar refractivity (Wildman–Crippen MR) is 62.1 cm³/mol. The van der Waals surface area contributed by atoms with Gasteiger partial charge in [-0.1, -0.05) is 0 Å². The molecule has 0 N–H and O–H groups in total. The van der Waals surface area contributed by atoms with E-state index in [0.717, 1.165) is 15.3 Å². The summed E-state index contributed by atoms with van der Waals surface area (Å²) in [5.74, 6) is 1.61. The highest BCUT2D eigenvalue weighted by Crippen LogP contribution is 2.41. The van der Waals surface area contributed by atoms with Gasteiger partial charge in [0, 0.05) is 5.92 Å². The fourth-order valence-corrected chi connectivity index (χ4v) is 3.28. The fraction of sp³-hybridized carbons (Fsp3) is 0.667. The van der Waals surface area contributed by atoms with E-state index < -0.39 is 0 Å². The van der Waals surface area contributed by atoms with Crippen LogP contribution in [0.25, 0.3) is 0 Å². The zero-order chi connectivity index (χ0) is 11.2. The minimum Gasteiger partial charge on any atom is -0.217 e. The van der Waals surface area contributed by atoms with E-state index in [9.17, 15) is 0 Å². The molecular formula is C9H10N6S2. The van der Waals surface area contributed by atoms with Crippen LogP contribution in [0.5, 0.6) is 0 Å². The molecule has 2 heterocycles. The molecule has 0 aromatic carbocycles. The van der Waals surface area contributed by atoms with E-state index in [1.54, 1.807) is 0 Å². The summed E-state index contributed by atoms with van der Waals surface area (Å²) in [4.78, 5) is 4.53. The van der Waals surface area contributed by atoms with Crippen molar-refractivity contribution in [2.24, 2.45) is 0 Å². The number of aromatic nitrogens is 6. The van der Waals surface area contributed by atoms with Crippen molar-refractivity contribution in [1.82, 2.24) is 29.6 Å². The smallest absolute Gasteiger partial charge is 0.216 e. The SMILES string of the molecule is C1CC1c1nsc(Sc2nnnn2C2CC2)n1. The second kappa shape index (κ2) is 3.74. The van der Waals surface area contributed by atoms with E-state index in [1.807, 2.05) is 4.68 Å². The maximum Gasteiger partial charge on any atom is 0.216 e. The molecule has 2 aromatic rings. The van der Waals surface area contributed by atoms with Gasteiger partial charge in [0.15, 0.2) is 4.34 Å². The molecule has 2 aromatic heterocycles. The summed E-state index contributed by atoms with van der Waals surface area (Å²) in [5.41, 5.74) is 0. The Hall–Kier alpha value is -1.02. The summed E-state index contributed by atoms with van der Waals surface area (Å²) in [5, 5.41) is 12.6. The number of tetrazole rings is 1. The molecule has 17 heavy (non-hydrogen) atoms. The van der Waals surface area contributed by atoms with Crippen LogP contribution in [0.15, 0.2) is 9.50 Å². The molecule has 6 nitrogen and oxygen atoms in total. The Morgan fingerprint density at radius 3 is 2.88 bits per heavy atom. The average molecular weight is 266 g/mol. The lowest BCUT2D eigenvalue weighted by Crippen LogP contribution is -1.98. The van der Waals surface area contributed by atoms with E-state index in [-0.39, 0.29) is 0 Å². The van der Waals surface area contributed by atoms with Gasteiger partial charge in [0.2, 0.25) is 5.16 Å². The Bertz CT molecular complexity index is 541. The number of rotatable bonds is 4. The van der Waals surface area contributed by atoms with Crippen LogP contribution < -0.4 is 0 Å². The van der Waals surface area contributed by atoms with Crippen LogP contribution in [0.2, 0.25) is 0 Å². The van der Waals surface area contributed by atoms with Gasteiger partial charge in [-0.15, -0.1) is 5.10 Å². The van der Waals surface area contributed by atoms with Crippen molar-refractivity contribution < 1.29 is 0 Å². The van der Waals surface area contributed by atoms with Crippen molar-refractivity contribution in [2.75, 3.05) is 0 Å². The number of hydrogen-bond acceptors (Lipinski definition) is 7. The van der Waals surface area contributed by atoms with Gasteiger partial charge < -0.3 is 0 Å². The summed E-state index contributed by atoms with van der Waals surface area (Å²) >= 11 is 2.98. The van der Waals surface area contributed by atoms with E-state index in [0.29, 0.717) is 12.0 Å². The van der Waals surface area contributed by atoms with E-state index >= 15 is 0 Å². The molecule has 0 saturated heterocycles. The monoisotopic (exact) mass is 266 g/mol. The van der Waals surface area contributed by atoms with Gasteiger partial charge in [0.25, 0.3) is 0 Å². The minimum atomic E-state index is 0.503. The predicted octanol–water partition coefficient (Wildman–Crippen LogP) is 1.89. The van der Waals surface area contributed by atoms with Crippen molar-refractivity contribution in [3.63, 3.8) is 0 Å². The molecule has 2 fully saturated rings. The van der Waals surface area contributed by atoms with Crippen LogP contribution in [0.4, 0.5) is 0 Å². The van der Waals surface area contributed by atoms with E-state index in [4.69, 9.17) is 0 Å². The molecule has 0 aliphatic heterocycles. The topological polar surface area (TPSA) is 69.4 Å². The van der Waals surface area contributed by atoms with Crippen molar-refractivity contribution >= 4 is 23.3 Å². The Kier molecular flexibility index (Phi) is 2.19. The van der Waals surface area contributed by atoms with Crippen LogP contribution in [0.1, 0.15) is 43.5 Å². The summed E-state index contributed by atoms with van der Waals surface area (Å²) in [7, 11) is 0. The Morgan fingerprint density at radius 2 is 2.12 bits per heavy atom. The van der Waals surface area contributed by atoms with Crippen LogP contribution in [0.3, 0.4) is 0 Å². The lowest BCUT2D eigenvalue weighted by molar-refractivity contribution is 0.565. The van der Waals surface area contributed by atoms with Gasteiger partial charge in [0.05, 0.1) is 6.04 Å². The van der Waals surface area contributed by atoms with Crippen molar-refractivity contribution in [3.8, 4) is 0 Å². The fourth-order valence-electron chi connectivity index (χ4n) is 1.65. The third kappa shape index (κ3) is 1.95. The zero-order valence-electron chi connectivity index (χ0n) is 8.98.